The van der Waals surface area contributed by atoms with Crippen molar-refractivity contribution in [3.05, 3.63) is 69.2 Å². The Bertz CT molecular complexity index is 738. The lowest BCUT2D eigenvalue weighted by Gasteiger charge is -1.99. The average molecular weight is 416 g/mol. The van der Waals surface area contributed by atoms with E-state index >= 15 is 0 Å². The first-order chi connectivity index (χ1) is 9.99. The van der Waals surface area contributed by atoms with Gasteiger partial charge in [0, 0.05) is 26.2 Å². The van der Waals surface area contributed by atoms with Crippen LogP contribution in [0.2, 0.25) is 0 Å². The molecule has 2 aromatic carbocycles. The molecule has 0 aliphatic rings. The third-order valence-electron chi connectivity index (χ3n) is 2.63. The molecule has 0 atom stereocenters. The predicted octanol–water partition coefficient (Wildman–Crippen LogP) is 5.31. The van der Waals surface area contributed by atoms with Crippen molar-refractivity contribution in [2.45, 2.75) is 0 Å². The van der Waals surface area contributed by atoms with E-state index in [1.807, 2.05) is 0 Å². The fourth-order valence-electron chi connectivity index (χ4n) is 1.62. The molecule has 0 spiro atoms. The second-order valence-corrected chi connectivity index (χ2v) is 5.80. The van der Waals surface area contributed by atoms with Gasteiger partial charge < -0.3 is 5.73 Å². The highest BCUT2D eigenvalue weighted by molar-refractivity contribution is 9.11. The molecule has 0 saturated carbocycles. The van der Waals surface area contributed by atoms with Crippen LogP contribution in [0.3, 0.4) is 0 Å². The molecule has 21 heavy (non-hydrogen) atoms. The number of benzene rings is 2. The molecule has 6 heteroatoms. The van der Waals surface area contributed by atoms with E-state index in [-0.39, 0.29) is 11.6 Å². The van der Waals surface area contributed by atoms with Gasteiger partial charge in [-0.15, -0.1) is 0 Å². The lowest BCUT2D eigenvalue weighted by atomic mass is 10.2. The first kappa shape index (κ1) is 15.9. The summed E-state index contributed by atoms with van der Waals surface area (Å²) in [6.45, 7) is 0. The summed E-state index contributed by atoms with van der Waals surface area (Å²) in [6, 6.07) is 10.7. The van der Waals surface area contributed by atoms with Crippen LogP contribution in [0.5, 0.6) is 0 Å². The molecule has 0 aliphatic carbocycles. The Morgan fingerprint density at radius 2 is 1.67 bits per heavy atom. The molecule has 0 bridgehead atoms. The highest BCUT2D eigenvalue weighted by atomic mass is 79.9. The molecule has 0 unspecified atom stereocenters. The Labute approximate surface area is 137 Å². The molecule has 0 fully saturated rings. The molecular formula is C15H10Br2F2N2. The number of nitrogens with zero attached hydrogens (tertiary/aromatic N) is 1. The van der Waals surface area contributed by atoms with Crippen molar-refractivity contribution in [3.63, 3.8) is 0 Å². The molecule has 1 aromatic heterocycles. The van der Waals surface area contributed by atoms with Crippen LogP contribution in [-0.4, -0.2) is 4.98 Å². The van der Waals surface area contributed by atoms with E-state index in [0.717, 1.165) is 8.95 Å². The number of pyridine rings is 1. The van der Waals surface area contributed by atoms with Crippen LogP contribution in [0, 0.1) is 11.6 Å². The molecule has 3 rings (SSSR count). The van der Waals surface area contributed by atoms with Gasteiger partial charge in [-0.1, -0.05) is 0 Å². The number of halogens is 4. The minimum absolute atomic E-state index is 0.235. The van der Waals surface area contributed by atoms with E-state index in [4.69, 9.17) is 5.73 Å². The second kappa shape index (κ2) is 6.95. The van der Waals surface area contributed by atoms with E-state index in [0.29, 0.717) is 16.6 Å². The molecule has 2 N–H and O–H groups in total. The fourth-order valence-corrected chi connectivity index (χ4v) is 2.31. The summed E-state index contributed by atoms with van der Waals surface area (Å²) in [6.07, 6.45) is 1.65. The maximum Gasteiger partial charge on any atom is 0.132 e. The highest BCUT2D eigenvalue weighted by Gasteiger charge is 2.02. The third-order valence-corrected chi connectivity index (χ3v) is 3.99. The third kappa shape index (κ3) is 3.98. The monoisotopic (exact) mass is 414 g/mol. The van der Waals surface area contributed by atoms with Gasteiger partial charge in [0.2, 0.25) is 0 Å². The van der Waals surface area contributed by atoms with Gasteiger partial charge in [-0.2, -0.15) is 0 Å². The largest absolute Gasteiger partial charge is 0.398 e. The Kier molecular flexibility index (Phi) is 5.25. The van der Waals surface area contributed by atoms with Gasteiger partial charge in [0.05, 0.1) is 5.52 Å². The molecule has 0 saturated heterocycles. The number of rotatable bonds is 0. The number of aromatic nitrogens is 1. The number of anilines is 1. The highest BCUT2D eigenvalue weighted by Crippen LogP contribution is 2.23. The van der Waals surface area contributed by atoms with E-state index < -0.39 is 0 Å². The van der Waals surface area contributed by atoms with Crippen molar-refractivity contribution < 1.29 is 8.78 Å². The Morgan fingerprint density at radius 3 is 2.29 bits per heavy atom. The minimum atomic E-state index is -0.310. The molecule has 108 valence electrons. The SMILES string of the molecule is Fc1ccc(Br)c2ncccc12.Nc1cc(F)ccc1Br. The summed E-state index contributed by atoms with van der Waals surface area (Å²) in [7, 11) is 0. The Morgan fingerprint density at radius 1 is 0.952 bits per heavy atom. The summed E-state index contributed by atoms with van der Waals surface area (Å²) < 4.78 is 26.9. The minimum Gasteiger partial charge on any atom is -0.398 e. The summed E-state index contributed by atoms with van der Waals surface area (Å²) >= 11 is 6.44. The van der Waals surface area contributed by atoms with Gasteiger partial charge in [-0.3, -0.25) is 4.98 Å². The quantitative estimate of drug-likeness (QED) is 0.505. The maximum atomic E-state index is 13.1. The first-order valence-corrected chi connectivity index (χ1v) is 7.47. The van der Waals surface area contributed by atoms with Gasteiger partial charge in [0.25, 0.3) is 0 Å². The molecule has 0 amide bonds. The zero-order chi connectivity index (χ0) is 15.4. The number of nitrogen functional groups attached to an aromatic ring is 1. The lowest BCUT2D eigenvalue weighted by molar-refractivity contribution is 0.628. The van der Waals surface area contributed by atoms with Gasteiger partial charge in [-0.25, -0.2) is 8.78 Å². The van der Waals surface area contributed by atoms with Gasteiger partial charge in [0.1, 0.15) is 11.6 Å². The van der Waals surface area contributed by atoms with Crippen molar-refractivity contribution in [2.75, 3.05) is 5.73 Å². The Hall–Kier alpha value is -1.53. The second-order valence-electron chi connectivity index (χ2n) is 4.09. The van der Waals surface area contributed by atoms with Crippen molar-refractivity contribution in [2.24, 2.45) is 0 Å². The molecule has 1 heterocycles. The molecule has 0 radical (unpaired) electrons. The number of hydrogen-bond acceptors (Lipinski definition) is 2. The van der Waals surface area contributed by atoms with Crippen molar-refractivity contribution in [1.29, 1.82) is 0 Å². The molecule has 3 aromatic rings. The van der Waals surface area contributed by atoms with Crippen LogP contribution in [0.1, 0.15) is 0 Å². The zero-order valence-corrected chi connectivity index (χ0v) is 13.8. The Balaban J connectivity index is 0.000000161. The topological polar surface area (TPSA) is 38.9 Å². The number of hydrogen-bond donors (Lipinski definition) is 1. The van der Waals surface area contributed by atoms with Gasteiger partial charge in [0.15, 0.2) is 0 Å². The summed E-state index contributed by atoms with van der Waals surface area (Å²) in [5, 5.41) is 0.548. The van der Waals surface area contributed by atoms with E-state index in [1.54, 1.807) is 30.5 Å². The number of nitrogens with two attached hydrogens (primary N) is 1. The lowest BCUT2D eigenvalue weighted by Crippen LogP contribution is -1.86. The molecule has 0 aliphatic heterocycles. The van der Waals surface area contributed by atoms with E-state index in [2.05, 4.69) is 36.8 Å². The van der Waals surface area contributed by atoms with Crippen molar-refractivity contribution >= 4 is 48.5 Å². The maximum absolute atomic E-state index is 13.1. The summed E-state index contributed by atoms with van der Waals surface area (Å²) in [5.74, 6) is -0.544. The fraction of sp³-hybridized carbons (Fsp3) is 0. The van der Waals surface area contributed by atoms with Crippen LogP contribution in [0.15, 0.2) is 57.6 Å². The molecular weight excluding hydrogens is 406 g/mol. The first-order valence-electron chi connectivity index (χ1n) is 5.88. The van der Waals surface area contributed by atoms with E-state index in [9.17, 15) is 8.78 Å². The normalized spacial score (nSPS) is 10.1. The summed E-state index contributed by atoms with van der Waals surface area (Å²) in [4.78, 5) is 4.05. The summed E-state index contributed by atoms with van der Waals surface area (Å²) in [5.41, 5.74) is 6.42. The average Bonchev–Trinajstić information content (AvgIpc) is 2.48. The zero-order valence-electron chi connectivity index (χ0n) is 10.7. The van der Waals surface area contributed by atoms with Crippen molar-refractivity contribution in [1.82, 2.24) is 4.98 Å². The van der Waals surface area contributed by atoms with Gasteiger partial charge >= 0.3 is 0 Å². The smallest absolute Gasteiger partial charge is 0.132 e. The van der Waals surface area contributed by atoms with E-state index in [1.165, 1.54) is 18.2 Å². The van der Waals surface area contributed by atoms with Crippen LogP contribution in [0.25, 0.3) is 10.9 Å². The predicted molar refractivity (Wildman–Crippen MR) is 87.9 cm³/mol. The standard InChI is InChI=1S/C9H5BrFN.C6H5BrFN/c10-7-3-4-8(11)6-2-1-5-12-9(6)7;7-5-2-1-4(8)3-6(5)9/h1-5H;1-3H,9H2. The van der Waals surface area contributed by atoms with Gasteiger partial charge in [-0.05, 0) is 74.3 Å². The van der Waals surface area contributed by atoms with Crippen LogP contribution in [0.4, 0.5) is 14.5 Å². The van der Waals surface area contributed by atoms with Crippen LogP contribution in [-0.2, 0) is 0 Å². The number of fused-ring (bicyclic) bond motifs is 1. The molecule has 2 nitrogen and oxygen atoms in total. The van der Waals surface area contributed by atoms with Crippen LogP contribution >= 0.6 is 31.9 Å². The van der Waals surface area contributed by atoms with Crippen molar-refractivity contribution in [3.8, 4) is 0 Å². The van der Waals surface area contributed by atoms with Crippen LogP contribution < -0.4 is 5.73 Å².